The van der Waals surface area contributed by atoms with E-state index in [1.165, 1.54) is 17.2 Å². The zero-order valence-electron chi connectivity index (χ0n) is 13.4. The number of benzene rings is 2. The molecule has 1 aliphatic rings. The summed E-state index contributed by atoms with van der Waals surface area (Å²) in [7, 11) is 0. The second-order valence-corrected chi connectivity index (χ2v) is 6.11. The lowest BCUT2D eigenvalue weighted by Gasteiger charge is -2.30. The summed E-state index contributed by atoms with van der Waals surface area (Å²) in [6.07, 6.45) is 2.52. The van der Waals surface area contributed by atoms with Gasteiger partial charge >= 0.3 is 5.97 Å². The molecule has 3 heteroatoms. The van der Waals surface area contributed by atoms with Crippen molar-refractivity contribution in [3.05, 3.63) is 82.6 Å². The van der Waals surface area contributed by atoms with E-state index in [0.717, 1.165) is 17.5 Å². The third kappa shape index (κ3) is 3.00. The normalized spacial score (nSPS) is 17.9. The molecule has 0 aromatic heterocycles. The molecular weight excluding hydrogens is 288 g/mol. The second kappa shape index (κ2) is 5.92. The van der Waals surface area contributed by atoms with Crippen LogP contribution in [0.2, 0.25) is 0 Å². The Balaban J connectivity index is 2.09. The molecule has 1 fully saturated rings. The van der Waals surface area contributed by atoms with Crippen LogP contribution in [0.4, 0.5) is 0 Å². The first kappa shape index (κ1) is 15.3. The fourth-order valence-electron chi connectivity index (χ4n) is 3.08. The maximum absolute atomic E-state index is 11.0. The average molecular weight is 308 g/mol. The Hall–Kier alpha value is -2.55. The van der Waals surface area contributed by atoms with Crippen molar-refractivity contribution < 1.29 is 14.6 Å². The van der Waals surface area contributed by atoms with Crippen molar-refractivity contribution in [2.24, 2.45) is 0 Å². The van der Waals surface area contributed by atoms with Gasteiger partial charge in [0.25, 0.3) is 0 Å². The van der Waals surface area contributed by atoms with Crippen molar-refractivity contribution >= 4 is 5.97 Å². The fourth-order valence-corrected chi connectivity index (χ4v) is 3.08. The molecule has 0 saturated carbocycles. The summed E-state index contributed by atoms with van der Waals surface area (Å²) >= 11 is 0. The monoisotopic (exact) mass is 308 g/mol. The number of carboxylic acid groups (broad SMARTS) is 1. The van der Waals surface area contributed by atoms with Crippen molar-refractivity contribution in [2.75, 3.05) is 0 Å². The first-order chi connectivity index (χ1) is 11.0. The van der Waals surface area contributed by atoms with E-state index in [9.17, 15) is 4.79 Å². The van der Waals surface area contributed by atoms with Gasteiger partial charge in [0.2, 0.25) is 0 Å². The van der Waals surface area contributed by atoms with Gasteiger partial charge in [-0.2, -0.15) is 0 Å². The Morgan fingerprint density at radius 3 is 1.91 bits per heavy atom. The zero-order valence-corrected chi connectivity index (χ0v) is 13.4. The van der Waals surface area contributed by atoms with Crippen LogP contribution in [-0.2, 0) is 15.1 Å². The second-order valence-electron chi connectivity index (χ2n) is 6.11. The van der Waals surface area contributed by atoms with Crippen molar-refractivity contribution in [1.29, 1.82) is 0 Å². The van der Waals surface area contributed by atoms with Gasteiger partial charge in [0.05, 0.1) is 6.08 Å². The van der Waals surface area contributed by atoms with Crippen LogP contribution in [0.1, 0.15) is 35.1 Å². The molecule has 0 bridgehead atoms. The minimum Gasteiger partial charge on any atom is -0.482 e. The number of aliphatic carboxylic acids is 1. The Kier molecular flexibility index (Phi) is 3.95. The number of rotatable bonds is 3. The topological polar surface area (TPSA) is 46.5 Å². The maximum atomic E-state index is 11.0. The molecule has 0 radical (unpaired) electrons. The highest BCUT2D eigenvalue weighted by atomic mass is 16.5. The minimum absolute atomic E-state index is 0.527. The third-order valence-electron chi connectivity index (χ3n) is 4.35. The Morgan fingerprint density at radius 2 is 1.48 bits per heavy atom. The number of allylic oxidation sites excluding steroid dienone is 1. The maximum Gasteiger partial charge on any atom is 0.331 e. The van der Waals surface area contributed by atoms with Gasteiger partial charge in [-0.3, -0.25) is 0 Å². The lowest BCUT2D eigenvalue weighted by molar-refractivity contribution is -0.131. The molecule has 1 heterocycles. The molecule has 0 unspecified atom stereocenters. The van der Waals surface area contributed by atoms with E-state index in [0.29, 0.717) is 12.2 Å². The third-order valence-corrected chi connectivity index (χ3v) is 4.35. The number of carbonyl (C=O) groups is 1. The highest BCUT2D eigenvalue weighted by molar-refractivity contribution is 5.80. The molecule has 1 saturated heterocycles. The van der Waals surface area contributed by atoms with Crippen molar-refractivity contribution in [3.8, 4) is 0 Å². The van der Waals surface area contributed by atoms with Gasteiger partial charge < -0.3 is 9.84 Å². The van der Waals surface area contributed by atoms with Crippen molar-refractivity contribution in [1.82, 2.24) is 0 Å². The van der Waals surface area contributed by atoms with Crippen LogP contribution in [0, 0.1) is 13.8 Å². The first-order valence-electron chi connectivity index (χ1n) is 7.76. The van der Waals surface area contributed by atoms with E-state index in [1.807, 2.05) is 13.8 Å². The summed E-state index contributed by atoms with van der Waals surface area (Å²) in [4.78, 5) is 11.0. The quantitative estimate of drug-likeness (QED) is 0.859. The van der Waals surface area contributed by atoms with Gasteiger partial charge in [0, 0.05) is 12.8 Å². The van der Waals surface area contributed by atoms with E-state index in [4.69, 9.17) is 9.84 Å². The van der Waals surface area contributed by atoms with Crippen LogP contribution in [0.3, 0.4) is 0 Å². The standard InChI is InChI=1S/C20H20O3/c1-14-3-7-16(8-4-14)20(17-9-5-15(2)6-10-17)12-11-18(23-20)13-19(21)22/h3-10,13H,11-12H2,1-2H3,(H,21,22)/b18-13-. The molecule has 0 spiro atoms. The van der Waals surface area contributed by atoms with Crippen LogP contribution >= 0.6 is 0 Å². The highest BCUT2D eigenvalue weighted by Gasteiger charge is 2.42. The van der Waals surface area contributed by atoms with Gasteiger partial charge in [-0.05, 0) is 25.0 Å². The molecule has 0 aliphatic carbocycles. The Labute approximate surface area is 136 Å². The molecular formula is C20H20O3. The van der Waals surface area contributed by atoms with E-state index < -0.39 is 11.6 Å². The molecule has 118 valence electrons. The summed E-state index contributed by atoms with van der Waals surface area (Å²) in [6, 6.07) is 16.5. The number of carboxylic acids is 1. The van der Waals surface area contributed by atoms with E-state index in [2.05, 4.69) is 48.5 Å². The summed E-state index contributed by atoms with van der Waals surface area (Å²) in [5.74, 6) is -0.442. The van der Waals surface area contributed by atoms with Crippen LogP contribution < -0.4 is 0 Å². The van der Waals surface area contributed by atoms with Crippen LogP contribution in [-0.4, -0.2) is 11.1 Å². The van der Waals surface area contributed by atoms with Gasteiger partial charge in [-0.25, -0.2) is 4.79 Å². The zero-order chi connectivity index (χ0) is 16.4. The summed E-state index contributed by atoms with van der Waals surface area (Å²) in [6.45, 7) is 4.10. The molecule has 3 rings (SSSR count). The Morgan fingerprint density at radius 1 is 1.00 bits per heavy atom. The largest absolute Gasteiger partial charge is 0.482 e. The minimum atomic E-state index is -0.969. The fraction of sp³-hybridized carbons (Fsp3) is 0.250. The van der Waals surface area contributed by atoms with E-state index in [1.54, 1.807) is 0 Å². The number of hydrogen-bond acceptors (Lipinski definition) is 2. The number of aryl methyl sites for hydroxylation is 2. The van der Waals surface area contributed by atoms with Crippen LogP contribution in [0.15, 0.2) is 60.4 Å². The van der Waals surface area contributed by atoms with Gasteiger partial charge in [-0.15, -0.1) is 0 Å². The van der Waals surface area contributed by atoms with Gasteiger partial charge in [0.1, 0.15) is 5.76 Å². The van der Waals surface area contributed by atoms with E-state index >= 15 is 0 Å². The molecule has 0 amide bonds. The van der Waals surface area contributed by atoms with E-state index in [-0.39, 0.29) is 0 Å². The lowest BCUT2D eigenvalue weighted by Crippen LogP contribution is -2.26. The molecule has 2 aromatic rings. The number of hydrogen-bond donors (Lipinski definition) is 1. The molecule has 1 aliphatic heterocycles. The predicted octanol–water partition coefficient (Wildman–Crippen LogP) is 4.33. The molecule has 1 N–H and O–H groups in total. The SMILES string of the molecule is Cc1ccc(C2(c3ccc(C)cc3)CC/C(=C/C(=O)O)O2)cc1. The molecule has 23 heavy (non-hydrogen) atoms. The summed E-state index contributed by atoms with van der Waals surface area (Å²) in [5.41, 5.74) is 3.88. The smallest absolute Gasteiger partial charge is 0.331 e. The van der Waals surface area contributed by atoms with Crippen molar-refractivity contribution in [3.63, 3.8) is 0 Å². The van der Waals surface area contributed by atoms with Crippen molar-refractivity contribution in [2.45, 2.75) is 32.3 Å². The summed E-state index contributed by atoms with van der Waals surface area (Å²) in [5, 5.41) is 9.00. The van der Waals surface area contributed by atoms with Crippen LogP contribution in [0.25, 0.3) is 0 Å². The molecule has 2 aromatic carbocycles. The molecule has 0 atom stereocenters. The van der Waals surface area contributed by atoms with Gasteiger partial charge in [0.15, 0.2) is 5.60 Å². The Bertz CT molecular complexity index is 694. The average Bonchev–Trinajstić information content (AvgIpc) is 2.93. The summed E-state index contributed by atoms with van der Waals surface area (Å²) < 4.78 is 6.19. The first-order valence-corrected chi connectivity index (χ1v) is 7.76. The predicted molar refractivity (Wildman–Crippen MR) is 89.2 cm³/mol. The molecule has 3 nitrogen and oxygen atoms in total. The number of ether oxygens (including phenoxy) is 1. The highest BCUT2D eigenvalue weighted by Crippen LogP contribution is 2.46. The van der Waals surface area contributed by atoms with Gasteiger partial charge in [-0.1, -0.05) is 59.7 Å². The van der Waals surface area contributed by atoms with Crippen LogP contribution in [0.5, 0.6) is 0 Å². The lowest BCUT2D eigenvalue weighted by atomic mass is 9.83.